The van der Waals surface area contributed by atoms with E-state index in [0.717, 1.165) is 12.0 Å². The van der Waals surface area contributed by atoms with E-state index in [4.69, 9.17) is 0 Å². The highest BCUT2D eigenvalue weighted by Crippen LogP contribution is 2.33. The third kappa shape index (κ3) is 2.68. The van der Waals surface area contributed by atoms with Gasteiger partial charge in [-0.1, -0.05) is 12.8 Å². The van der Waals surface area contributed by atoms with Gasteiger partial charge in [0.2, 0.25) is 0 Å². The summed E-state index contributed by atoms with van der Waals surface area (Å²) in [6, 6.07) is 0.837. The second kappa shape index (κ2) is 4.43. The Balaban J connectivity index is 1.68. The number of likely N-dealkylation sites (N-methyl/N-ethyl adjacent to an activating group) is 1. The molecule has 0 amide bonds. The Morgan fingerprint density at radius 2 is 2.15 bits per heavy atom. The molecule has 2 rings (SSSR count). The highest BCUT2D eigenvalue weighted by Gasteiger charge is 2.26. The van der Waals surface area contributed by atoms with Crippen LogP contribution in [0.3, 0.4) is 0 Å². The number of likely N-dealkylation sites (tertiary alicyclic amines) is 1. The van der Waals surface area contributed by atoms with Crippen LogP contribution in [0.2, 0.25) is 0 Å². The standard InChI is InChI=1S/C11H22N2/c1-12-9-11-3-2-7-13(11)8-6-10-4-5-10/h10-12H,2-9H2,1H3. The lowest BCUT2D eigenvalue weighted by molar-refractivity contribution is 0.243. The van der Waals surface area contributed by atoms with Gasteiger partial charge >= 0.3 is 0 Å². The van der Waals surface area contributed by atoms with Crippen molar-refractivity contribution in [2.24, 2.45) is 5.92 Å². The Labute approximate surface area is 81.7 Å². The topological polar surface area (TPSA) is 15.3 Å². The average molecular weight is 182 g/mol. The number of hydrogen-bond acceptors (Lipinski definition) is 2. The maximum absolute atomic E-state index is 3.30. The molecule has 1 atom stereocenters. The SMILES string of the molecule is CNCC1CCCN1CCC1CC1. The van der Waals surface area contributed by atoms with Gasteiger partial charge in [0, 0.05) is 12.6 Å². The summed E-state index contributed by atoms with van der Waals surface area (Å²) < 4.78 is 0. The van der Waals surface area contributed by atoms with Gasteiger partial charge in [0.05, 0.1) is 0 Å². The fraction of sp³-hybridized carbons (Fsp3) is 1.00. The van der Waals surface area contributed by atoms with Gasteiger partial charge in [0.15, 0.2) is 0 Å². The zero-order chi connectivity index (χ0) is 9.10. The molecule has 1 aliphatic heterocycles. The molecule has 2 nitrogen and oxygen atoms in total. The molecule has 13 heavy (non-hydrogen) atoms. The lowest BCUT2D eigenvalue weighted by atomic mass is 10.2. The molecular weight excluding hydrogens is 160 g/mol. The monoisotopic (exact) mass is 182 g/mol. The van der Waals surface area contributed by atoms with Crippen molar-refractivity contribution in [2.45, 2.75) is 38.1 Å². The van der Waals surface area contributed by atoms with Crippen molar-refractivity contribution in [2.75, 3.05) is 26.7 Å². The van der Waals surface area contributed by atoms with Gasteiger partial charge in [-0.25, -0.2) is 0 Å². The summed E-state index contributed by atoms with van der Waals surface area (Å²) in [5, 5.41) is 3.30. The maximum atomic E-state index is 3.30. The lowest BCUT2D eigenvalue weighted by Crippen LogP contribution is -2.37. The van der Waals surface area contributed by atoms with E-state index in [1.165, 1.54) is 51.7 Å². The van der Waals surface area contributed by atoms with Crippen LogP contribution in [0.15, 0.2) is 0 Å². The van der Waals surface area contributed by atoms with Crippen LogP contribution in [0.4, 0.5) is 0 Å². The van der Waals surface area contributed by atoms with E-state index in [-0.39, 0.29) is 0 Å². The normalized spacial score (nSPS) is 29.8. The van der Waals surface area contributed by atoms with Gasteiger partial charge in [-0.2, -0.15) is 0 Å². The fourth-order valence-electron chi connectivity index (χ4n) is 2.41. The Morgan fingerprint density at radius 1 is 1.31 bits per heavy atom. The molecule has 1 unspecified atom stereocenters. The predicted octanol–water partition coefficient (Wildman–Crippen LogP) is 1.47. The Hall–Kier alpha value is -0.0800. The molecule has 2 aliphatic rings. The van der Waals surface area contributed by atoms with Gasteiger partial charge in [0.1, 0.15) is 0 Å². The predicted molar refractivity (Wildman–Crippen MR) is 55.9 cm³/mol. The first-order valence-corrected chi connectivity index (χ1v) is 5.79. The Morgan fingerprint density at radius 3 is 2.85 bits per heavy atom. The Kier molecular flexibility index (Phi) is 3.23. The van der Waals surface area contributed by atoms with E-state index >= 15 is 0 Å². The van der Waals surface area contributed by atoms with Crippen LogP contribution in [-0.2, 0) is 0 Å². The van der Waals surface area contributed by atoms with Crippen LogP contribution < -0.4 is 5.32 Å². The van der Waals surface area contributed by atoms with Gasteiger partial charge in [-0.3, -0.25) is 4.90 Å². The zero-order valence-electron chi connectivity index (χ0n) is 8.76. The van der Waals surface area contributed by atoms with E-state index in [1.54, 1.807) is 0 Å². The number of hydrogen-bond donors (Lipinski definition) is 1. The first kappa shape index (κ1) is 9.47. The number of rotatable bonds is 5. The molecular formula is C11H22N2. The Bertz CT molecular complexity index is 154. The van der Waals surface area contributed by atoms with E-state index in [2.05, 4.69) is 17.3 Å². The van der Waals surface area contributed by atoms with E-state index < -0.39 is 0 Å². The summed E-state index contributed by atoms with van der Waals surface area (Å²) in [7, 11) is 2.07. The summed E-state index contributed by atoms with van der Waals surface area (Å²) in [4.78, 5) is 2.69. The molecule has 1 saturated heterocycles. The summed E-state index contributed by atoms with van der Waals surface area (Å²) in [5.41, 5.74) is 0. The highest BCUT2D eigenvalue weighted by molar-refractivity contribution is 4.82. The molecule has 0 spiro atoms. The molecule has 0 bridgehead atoms. The van der Waals surface area contributed by atoms with Crippen LogP contribution in [-0.4, -0.2) is 37.6 Å². The molecule has 1 saturated carbocycles. The van der Waals surface area contributed by atoms with Crippen molar-refractivity contribution in [3.8, 4) is 0 Å². The van der Waals surface area contributed by atoms with Gasteiger partial charge in [-0.15, -0.1) is 0 Å². The molecule has 2 heteroatoms. The third-order valence-corrected chi connectivity index (χ3v) is 3.46. The molecule has 2 fully saturated rings. The average Bonchev–Trinajstić information content (AvgIpc) is 2.86. The summed E-state index contributed by atoms with van der Waals surface area (Å²) in [6.45, 7) is 3.89. The second-order valence-electron chi connectivity index (χ2n) is 4.62. The molecule has 1 aliphatic carbocycles. The van der Waals surface area contributed by atoms with Crippen LogP contribution in [0.5, 0.6) is 0 Å². The largest absolute Gasteiger partial charge is 0.318 e. The minimum atomic E-state index is 0.837. The summed E-state index contributed by atoms with van der Waals surface area (Å²) in [5.74, 6) is 1.09. The third-order valence-electron chi connectivity index (χ3n) is 3.46. The van der Waals surface area contributed by atoms with Crippen molar-refractivity contribution >= 4 is 0 Å². The maximum Gasteiger partial charge on any atom is 0.0220 e. The van der Waals surface area contributed by atoms with Crippen LogP contribution >= 0.6 is 0 Å². The first-order valence-electron chi connectivity index (χ1n) is 5.79. The quantitative estimate of drug-likeness (QED) is 0.692. The first-order chi connectivity index (χ1) is 6.40. The molecule has 0 aromatic rings. The molecule has 0 aromatic carbocycles. The molecule has 76 valence electrons. The minimum absolute atomic E-state index is 0.837. The number of nitrogens with zero attached hydrogens (tertiary/aromatic N) is 1. The molecule has 1 N–H and O–H groups in total. The number of nitrogens with one attached hydrogen (secondary N) is 1. The van der Waals surface area contributed by atoms with Gasteiger partial charge in [0.25, 0.3) is 0 Å². The van der Waals surface area contributed by atoms with Crippen molar-refractivity contribution in [3.63, 3.8) is 0 Å². The second-order valence-corrected chi connectivity index (χ2v) is 4.62. The van der Waals surface area contributed by atoms with Gasteiger partial charge < -0.3 is 5.32 Å². The zero-order valence-corrected chi connectivity index (χ0v) is 8.76. The van der Waals surface area contributed by atoms with Crippen molar-refractivity contribution in [1.29, 1.82) is 0 Å². The van der Waals surface area contributed by atoms with Crippen LogP contribution in [0.25, 0.3) is 0 Å². The van der Waals surface area contributed by atoms with Crippen molar-refractivity contribution in [1.82, 2.24) is 10.2 Å². The lowest BCUT2D eigenvalue weighted by Gasteiger charge is -2.23. The van der Waals surface area contributed by atoms with Crippen molar-refractivity contribution < 1.29 is 0 Å². The van der Waals surface area contributed by atoms with Crippen LogP contribution in [0, 0.1) is 5.92 Å². The summed E-state index contributed by atoms with van der Waals surface area (Å²) in [6.07, 6.45) is 7.29. The van der Waals surface area contributed by atoms with E-state index in [0.29, 0.717) is 0 Å². The smallest absolute Gasteiger partial charge is 0.0220 e. The minimum Gasteiger partial charge on any atom is -0.318 e. The van der Waals surface area contributed by atoms with Crippen molar-refractivity contribution in [3.05, 3.63) is 0 Å². The van der Waals surface area contributed by atoms with E-state index in [9.17, 15) is 0 Å². The molecule has 0 aromatic heterocycles. The molecule has 0 radical (unpaired) electrons. The van der Waals surface area contributed by atoms with Gasteiger partial charge in [-0.05, 0) is 45.3 Å². The fourth-order valence-corrected chi connectivity index (χ4v) is 2.41. The van der Waals surface area contributed by atoms with E-state index in [1.807, 2.05) is 0 Å². The van der Waals surface area contributed by atoms with Crippen LogP contribution in [0.1, 0.15) is 32.1 Å². The highest BCUT2D eigenvalue weighted by atomic mass is 15.2. The molecule has 1 heterocycles. The summed E-state index contributed by atoms with van der Waals surface area (Å²) >= 11 is 0.